The van der Waals surface area contributed by atoms with Crippen molar-refractivity contribution in [3.63, 3.8) is 0 Å². The molecule has 0 fully saturated rings. The van der Waals surface area contributed by atoms with Crippen molar-refractivity contribution in [2.24, 2.45) is 0 Å². The molecular weight excluding hydrogens is 318 g/mol. The maximum absolute atomic E-state index is 5.09. The van der Waals surface area contributed by atoms with Crippen LogP contribution in [0, 0.1) is 0 Å². The summed E-state index contributed by atoms with van der Waals surface area (Å²) in [4.78, 5) is 12.3. The first-order valence-electron chi connectivity index (χ1n) is 8.76. The number of nitrogens with zero attached hydrogens (tertiary/aromatic N) is 1. The molecule has 0 saturated carbocycles. The van der Waals surface area contributed by atoms with Gasteiger partial charge in [-0.25, -0.2) is 4.98 Å². The summed E-state index contributed by atoms with van der Waals surface area (Å²) in [5, 5.41) is 3.59. The number of hydrogen-bond donors (Lipinski definition) is 2. The molecule has 26 heavy (non-hydrogen) atoms. The van der Waals surface area contributed by atoms with Crippen molar-refractivity contribution in [2.45, 2.75) is 0 Å². The fourth-order valence-electron chi connectivity index (χ4n) is 3.98. The van der Waals surface area contributed by atoms with Crippen LogP contribution in [-0.2, 0) is 0 Å². The van der Waals surface area contributed by atoms with E-state index in [2.05, 4.69) is 82.8 Å². The van der Waals surface area contributed by atoms with Crippen LogP contribution >= 0.6 is 0 Å². The Morgan fingerprint density at radius 3 is 2.00 bits per heavy atom. The van der Waals surface area contributed by atoms with Gasteiger partial charge in [-0.3, -0.25) is 0 Å². The Morgan fingerprint density at radius 1 is 0.577 bits per heavy atom. The fraction of sp³-hybridized carbons (Fsp3) is 0. The lowest BCUT2D eigenvalue weighted by atomic mass is 10.1. The molecule has 2 N–H and O–H groups in total. The van der Waals surface area contributed by atoms with Crippen molar-refractivity contribution in [2.75, 3.05) is 0 Å². The Bertz CT molecular complexity index is 1420. The van der Waals surface area contributed by atoms with E-state index < -0.39 is 0 Å². The quantitative estimate of drug-likeness (QED) is 0.380. The topological polar surface area (TPSA) is 44.5 Å². The normalized spacial score (nSPS) is 11.8. The van der Waals surface area contributed by atoms with Gasteiger partial charge in [0.05, 0.1) is 22.2 Å². The summed E-state index contributed by atoms with van der Waals surface area (Å²) in [6.07, 6.45) is 0. The first-order chi connectivity index (χ1) is 12.9. The smallest absolute Gasteiger partial charge is 0.0973 e. The van der Waals surface area contributed by atoms with Gasteiger partial charge in [0.2, 0.25) is 0 Å². The number of para-hydroxylation sites is 2. The molecule has 3 heterocycles. The molecule has 0 aliphatic rings. The second-order valence-electron chi connectivity index (χ2n) is 6.64. The van der Waals surface area contributed by atoms with Crippen LogP contribution in [0.2, 0.25) is 0 Å². The van der Waals surface area contributed by atoms with Gasteiger partial charge < -0.3 is 9.97 Å². The van der Waals surface area contributed by atoms with Gasteiger partial charge in [0.25, 0.3) is 0 Å². The van der Waals surface area contributed by atoms with E-state index in [-0.39, 0.29) is 0 Å². The molecular formula is C23H15N3. The van der Waals surface area contributed by atoms with Crippen LogP contribution in [-0.4, -0.2) is 15.0 Å². The fourth-order valence-corrected chi connectivity index (χ4v) is 3.98. The number of hydrogen-bond acceptors (Lipinski definition) is 1. The Labute approximate surface area is 149 Å². The minimum Gasteiger partial charge on any atom is -0.353 e. The maximum atomic E-state index is 5.09. The molecule has 3 nitrogen and oxygen atoms in total. The highest BCUT2D eigenvalue weighted by atomic mass is 14.8. The average Bonchev–Trinajstić information content (AvgIpc) is 3.26. The van der Waals surface area contributed by atoms with E-state index in [1.807, 2.05) is 6.07 Å². The minimum absolute atomic E-state index is 0.994. The van der Waals surface area contributed by atoms with Crippen LogP contribution < -0.4 is 0 Å². The molecule has 3 aromatic heterocycles. The lowest BCUT2D eigenvalue weighted by molar-refractivity contribution is 1.41. The number of H-pyrrole nitrogens is 2. The van der Waals surface area contributed by atoms with E-state index in [4.69, 9.17) is 4.98 Å². The highest BCUT2D eigenvalue weighted by Gasteiger charge is 2.18. The average molecular weight is 333 g/mol. The number of nitrogens with one attached hydrogen (secondary N) is 2. The lowest BCUT2D eigenvalue weighted by Gasteiger charge is -2.04. The standard InChI is InChI=1S/C23H15N3/c1-2-8-14(9-3-1)20-22-19(15-10-4-6-12-17(15)24-22)23-21(26-20)16-11-5-7-13-18(16)25-23/h1-13,24-25H. The molecule has 0 spiro atoms. The summed E-state index contributed by atoms with van der Waals surface area (Å²) in [5.74, 6) is 0. The Kier molecular flexibility index (Phi) is 2.61. The largest absolute Gasteiger partial charge is 0.353 e. The SMILES string of the molecule is c1ccc(-c2nc3c4ccccc4[nH]c3c3c2[nH]c2ccccc23)cc1. The molecule has 0 unspecified atom stereocenters. The summed E-state index contributed by atoms with van der Waals surface area (Å²) >= 11 is 0. The van der Waals surface area contributed by atoms with Gasteiger partial charge in [0, 0.05) is 32.8 Å². The van der Waals surface area contributed by atoms with Crippen LogP contribution in [0.15, 0.2) is 78.9 Å². The Hall–Kier alpha value is -3.59. The van der Waals surface area contributed by atoms with Gasteiger partial charge in [0.15, 0.2) is 0 Å². The molecule has 3 heteroatoms. The van der Waals surface area contributed by atoms with Crippen molar-refractivity contribution in [1.29, 1.82) is 0 Å². The third-order valence-electron chi connectivity index (χ3n) is 5.14. The molecule has 0 aliphatic carbocycles. The number of benzene rings is 3. The maximum Gasteiger partial charge on any atom is 0.0973 e. The summed E-state index contributed by atoms with van der Waals surface area (Å²) in [7, 11) is 0. The summed E-state index contributed by atoms with van der Waals surface area (Å²) in [6.45, 7) is 0. The van der Waals surface area contributed by atoms with Crippen LogP contribution in [0.4, 0.5) is 0 Å². The number of aromatic amines is 2. The Balaban J connectivity index is 1.92. The Morgan fingerprint density at radius 2 is 1.19 bits per heavy atom. The molecule has 0 atom stereocenters. The lowest BCUT2D eigenvalue weighted by Crippen LogP contribution is -1.87. The van der Waals surface area contributed by atoms with E-state index in [1.54, 1.807) is 0 Å². The first kappa shape index (κ1) is 13.7. The van der Waals surface area contributed by atoms with Gasteiger partial charge in [-0.1, -0.05) is 66.7 Å². The molecule has 0 amide bonds. The predicted octanol–water partition coefficient (Wildman–Crippen LogP) is 6.02. The zero-order chi connectivity index (χ0) is 17.1. The number of aromatic nitrogens is 3. The summed E-state index contributed by atoms with van der Waals surface area (Å²) in [5.41, 5.74) is 7.57. The van der Waals surface area contributed by atoms with Crippen LogP contribution in [0.3, 0.4) is 0 Å². The second-order valence-corrected chi connectivity index (χ2v) is 6.64. The van der Waals surface area contributed by atoms with Gasteiger partial charge in [-0.2, -0.15) is 0 Å². The molecule has 6 rings (SSSR count). The number of rotatable bonds is 1. The van der Waals surface area contributed by atoms with Crippen molar-refractivity contribution in [3.05, 3.63) is 78.9 Å². The van der Waals surface area contributed by atoms with Crippen molar-refractivity contribution in [3.8, 4) is 11.3 Å². The van der Waals surface area contributed by atoms with E-state index in [1.165, 1.54) is 10.8 Å². The zero-order valence-corrected chi connectivity index (χ0v) is 14.0. The van der Waals surface area contributed by atoms with E-state index in [0.29, 0.717) is 0 Å². The highest BCUT2D eigenvalue weighted by molar-refractivity contribution is 6.25. The highest BCUT2D eigenvalue weighted by Crippen LogP contribution is 2.38. The molecule has 0 bridgehead atoms. The van der Waals surface area contributed by atoms with E-state index >= 15 is 0 Å². The van der Waals surface area contributed by atoms with Crippen molar-refractivity contribution in [1.82, 2.24) is 15.0 Å². The summed E-state index contributed by atoms with van der Waals surface area (Å²) in [6, 6.07) is 27.2. The van der Waals surface area contributed by atoms with Crippen LogP contribution in [0.25, 0.3) is 55.0 Å². The van der Waals surface area contributed by atoms with E-state index in [0.717, 1.165) is 44.2 Å². The predicted molar refractivity (Wildman–Crippen MR) is 108 cm³/mol. The third-order valence-corrected chi connectivity index (χ3v) is 5.14. The molecule has 122 valence electrons. The number of pyridine rings is 1. The number of fused-ring (bicyclic) bond motifs is 7. The van der Waals surface area contributed by atoms with E-state index in [9.17, 15) is 0 Å². The summed E-state index contributed by atoms with van der Waals surface area (Å²) < 4.78 is 0. The second kappa shape index (κ2) is 4.96. The molecule has 0 aliphatic heterocycles. The van der Waals surface area contributed by atoms with Crippen molar-refractivity contribution >= 4 is 43.7 Å². The van der Waals surface area contributed by atoms with Crippen LogP contribution in [0.1, 0.15) is 0 Å². The third kappa shape index (κ3) is 1.74. The zero-order valence-electron chi connectivity index (χ0n) is 14.0. The van der Waals surface area contributed by atoms with Gasteiger partial charge >= 0.3 is 0 Å². The van der Waals surface area contributed by atoms with Crippen molar-refractivity contribution < 1.29 is 0 Å². The monoisotopic (exact) mass is 333 g/mol. The molecule has 6 aromatic rings. The van der Waals surface area contributed by atoms with Gasteiger partial charge in [0.1, 0.15) is 0 Å². The molecule has 0 saturated heterocycles. The molecule has 0 radical (unpaired) electrons. The molecule has 3 aromatic carbocycles. The minimum atomic E-state index is 0.994. The van der Waals surface area contributed by atoms with Gasteiger partial charge in [-0.15, -0.1) is 0 Å². The first-order valence-corrected chi connectivity index (χ1v) is 8.76. The van der Waals surface area contributed by atoms with Crippen LogP contribution in [0.5, 0.6) is 0 Å². The van der Waals surface area contributed by atoms with Gasteiger partial charge in [-0.05, 0) is 12.1 Å².